The van der Waals surface area contributed by atoms with E-state index < -0.39 is 5.91 Å². The molecule has 2 aromatic heterocycles. The van der Waals surface area contributed by atoms with Gasteiger partial charge in [0.25, 0.3) is 0 Å². The molecule has 0 aliphatic rings. The molecule has 0 spiro atoms. The van der Waals surface area contributed by atoms with Crippen LogP contribution in [-0.4, -0.2) is 22.4 Å². The highest BCUT2D eigenvalue weighted by molar-refractivity contribution is 7.17. The molecular weight excluding hydrogens is 344 g/mol. The number of amides is 1. The van der Waals surface area contributed by atoms with Gasteiger partial charge in [-0.3, -0.25) is 9.78 Å². The summed E-state index contributed by atoms with van der Waals surface area (Å²) in [7, 11) is 0. The van der Waals surface area contributed by atoms with E-state index in [0.717, 1.165) is 37.9 Å². The van der Waals surface area contributed by atoms with E-state index in [1.807, 2.05) is 41.9 Å². The number of hydrogen-bond acceptors (Lipinski definition) is 5. The predicted octanol–water partition coefficient (Wildman–Crippen LogP) is 3.67. The van der Waals surface area contributed by atoms with Crippen molar-refractivity contribution in [3.63, 3.8) is 0 Å². The van der Waals surface area contributed by atoms with Gasteiger partial charge < -0.3 is 11.5 Å². The van der Waals surface area contributed by atoms with Crippen LogP contribution < -0.4 is 11.5 Å². The summed E-state index contributed by atoms with van der Waals surface area (Å²) in [4.78, 5) is 21.1. The van der Waals surface area contributed by atoms with E-state index in [1.54, 1.807) is 17.4 Å². The van der Waals surface area contributed by atoms with E-state index in [9.17, 15) is 4.79 Å². The molecule has 1 amide bonds. The van der Waals surface area contributed by atoms with Crippen molar-refractivity contribution in [3.8, 4) is 11.1 Å². The average molecular weight is 362 g/mol. The van der Waals surface area contributed by atoms with Gasteiger partial charge in [-0.1, -0.05) is 37.3 Å². The number of nitrogens with zero attached hydrogens (tertiary/aromatic N) is 2. The highest BCUT2D eigenvalue weighted by Crippen LogP contribution is 2.34. The smallest absolute Gasteiger partial charge is 0.249 e. The topological polar surface area (TPSA) is 94.9 Å². The maximum Gasteiger partial charge on any atom is 0.249 e. The van der Waals surface area contributed by atoms with Crippen molar-refractivity contribution >= 4 is 38.4 Å². The molecule has 5 nitrogen and oxygen atoms in total. The maximum absolute atomic E-state index is 11.8. The molecule has 26 heavy (non-hydrogen) atoms. The number of rotatable bonds is 4. The Labute approximate surface area is 154 Å². The van der Waals surface area contributed by atoms with Crippen LogP contribution in [0.3, 0.4) is 0 Å². The number of nitrogens with two attached hydrogens (primary N) is 2. The van der Waals surface area contributed by atoms with Crippen LogP contribution in [0.1, 0.15) is 28.9 Å². The van der Waals surface area contributed by atoms with Crippen LogP contribution in [-0.2, 0) is 0 Å². The summed E-state index contributed by atoms with van der Waals surface area (Å²) < 4.78 is 1.11. The quantitative estimate of drug-likeness (QED) is 0.579. The van der Waals surface area contributed by atoms with E-state index in [1.165, 1.54) is 0 Å². The second-order valence-corrected chi connectivity index (χ2v) is 7.16. The number of carbonyl (C=O) groups excluding carboxylic acids is 1. The molecule has 4 N–H and O–H groups in total. The molecule has 0 saturated heterocycles. The molecule has 6 heteroatoms. The number of fused-ring (bicyclic) bond motifs is 3. The van der Waals surface area contributed by atoms with E-state index in [4.69, 9.17) is 16.5 Å². The lowest BCUT2D eigenvalue weighted by molar-refractivity contribution is 0.100. The van der Waals surface area contributed by atoms with Crippen molar-refractivity contribution in [1.82, 2.24) is 9.97 Å². The molecule has 130 valence electrons. The number of pyridine rings is 1. The first kappa shape index (κ1) is 16.6. The molecule has 0 aliphatic heterocycles. The van der Waals surface area contributed by atoms with Crippen LogP contribution in [0.5, 0.6) is 0 Å². The van der Waals surface area contributed by atoms with Crippen LogP contribution in [0, 0.1) is 0 Å². The summed E-state index contributed by atoms with van der Waals surface area (Å²) in [6.45, 7) is 2.56. The molecule has 2 aromatic carbocycles. The van der Waals surface area contributed by atoms with E-state index in [2.05, 4.69) is 11.9 Å². The fraction of sp³-hybridized carbons (Fsp3) is 0.150. The average Bonchev–Trinajstić information content (AvgIpc) is 3.16. The van der Waals surface area contributed by atoms with Crippen molar-refractivity contribution < 1.29 is 4.79 Å². The van der Waals surface area contributed by atoms with Gasteiger partial charge in [-0.15, -0.1) is 11.3 Å². The minimum atomic E-state index is -0.441. The zero-order valence-electron chi connectivity index (χ0n) is 14.3. The summed E-state index contributed by atoms with van der Waals surface area (Å²) >= 11 is 1.60. The zero-order valence-corrected chi connectivity index (χ0v) is 15.1. The SMILES string of the molecule is CC(CN)c1nc2cc(-c3ccccc3C(N)=O)ccc2c2scnc12. The minimum absolute atomic E-state index is 0.116. The van der Waals surface area contributed by atoms with Crippen molar-refractivity contribution in [1.29, 1.82) is 0 Å². The van der Waals surface area contributed by atoms with Crippen molar-refractivity contribution in [3.05, 3.63) is 59.2 Å². The first-order valence-electron chi connectivity index (χ1n) is 8.36. The summed E-state index contributed by atoms with van der Waals surface area (Å²) in [6.07, 6.45) is 0. The minimum Gasteiger partial charge on any atom is -0.366 e. The highest BCUT2D eigenvalue weighted by atomic mass is 32.1. The van der Waals surface area contributed by atoms with Gasteiger partial charge in [-0.2, -0.15) is 0 Å². The number of aromatic nitrogens is 2. The standard InChI is InChI=1S/C20H18N4OS/c1-11(9-21)17-18-19(26-10-23-18)15-7-6-12(8-16(15)24-17)13-4-2-3-5-14(13)20(22)25/h2-8,10-11H,9,21H2,1H3,(H2,22,25). The largest absolute Gasteiger partial charge is 0.366 e. The third-order valence-corrected chi connectivity index (χ3v) is 5.48. The Morgan fingerprint density at radius 1 is 1.23 bits per heavy atom. The first-order chi connectivity index (χ1) is 12.6. The lowest BCUT2D eigenvalue weighted by Crippen LogP contribution is -2.12. The Kier molecular flexibility index (Phi) is 4.14. The van der Waals surface area contributed by atoms with E-state index in [-0.39, 0.29) is 5.92 Å². The monoisotopic (exact) mass is 362 g/mol. The van der Waals surface area contributed by atoms with Gasteiger partial charge in [-0.25, -0.2) is 4.98 Å². The fourth-order valence-corrected chi connectivity index (χ4v) is 4.02. The van der Waals surface area contributed by atoms with Crippen molar-refractivity contribution in [2.24, 2.45) is 11.5 Å². The van der Waals surface area contributed by atoms with Gasteiger partial charge in [0.2, 0.25) is 5.91 Å². The molecule has 4 rings (SSSR count). The second kappa shape index (κ2) is 6.48. The summed E-state index contributed by atoms with van der Waals surface area (Å²) in [5, 5.41) is 1.05. The second-order valence-electron chi connectivity index (χ2n) is 6.31. The van der Waals surface area contributed by atoms with Gasteiger partial charge >= 0.3 is 0 Å². The predicted molar refractivity (Wildman–Crippen MR) is 106 cm³/mol. The number of hydrogen-bond donors (Lipinski definition) is 2. The van der Waals surface area contributed by atoms with Crippen LogP contribution in [0.15, 0.2) is 48.0 Å². The normalized spacial score (nSPS) is 12.5. The molecule has 0 saturated carbocycles. The Morgan fingerprint density at radius 2 is 2.04 bits per heavy atom. The number of thiazole rings is 1. The molecule has 0 fully saturated rings. The van der Waals surface area contributed by atoms with Gasteiger partial charge in [-0.05, 0) is 23.3 Å². The lowest BCUT2D eigenvalue weighted by atomic mass is 9.97. The van der Waals surface area contributed by atoms with Gasteiger partial charge in [0.15, 0.2) is 0 Å². The molecule has 1 atom stereocenters. The third-order valence-electron chi connectivity index (χ3n) is 4.62. The molecule has 0 radical (unpaired) electrons. The van der Waals surface area contributed by atoms with Crippen LogP contribution in [0.4, 0.5) is 0 Å². The zero-order chi connectivity index (χ0) is 18.3. The summed E-state index contributed by atoms with van der Waals surface area (Å²) in [5.74, 6) is -0.324. The fourth-order valence-electron chi connectivity index (χ4n) is 3.19. The van der Waals surface area contributed by atoms with Gasteiger partial charge in [0.1, 0.15) is 5.52 Å². The molecular formula is C20H18N4OS. The highest BCUT2D eigenvalue weighted by Gasteiger charge is 2.17. The van der Waals surface area contributed by atoms with Crippen LogP contribution >= 0.6 is 11.3 Å². The van der Waals surface area contributed by atoms with Crippen molar-refractivity contribution in [2.75, 3.05) is 6.54 Å². The molecule has 0 bridgehead atoms. The Hall–Kier alpha value is -2.83. The number of carbonyl (C=O) groups is 1. The van der Waals surface area contributed by atoms with Gasteiger partial charge in [0, 0.05) is 23.4 Å². The number of benzene rings is 2. The van der Waals surface area contributed by atoms with Crippen molar-refractivity contribution in [2.45, 2.75) is 12.8 Å². The Bertz CT molecular complexity index is 1140. The molecule has 1 unspecified atom stereocenters. The summed E-state index contributed by atoms with van der Waals surface area (Å²) in [5.41, 5.74) is 18.2. The molecule has 4 aromatic rings. The maximum atomic E-state index is 11.8. The Morgan fingerprint density at radius 3 is 2.81 bits per heavy atom. The number of primary amides is 1. The summed E-state index contributed by atoms with van der Waals surface area (Å²) in [6, 6.07) is 13.4. The lowest BCUT2D eigenvalue weighted by Gasteiger charge is -2.12. The van der Waals surface area contributed by atoms with Crippen LogP contribution in [0.2, 0.25) is 0 Å². The molecule has 0 aliphatic carbocycles. The first-order valence-corrected chi connectivity index (χ1v) is 9.24. The third kappa shape index (κ3) is 2.64. The van der Waals surface area contributed by atoms with E-state index >= 15 is 0 Å². The van der Waals surface area contributed by atoms with Gasteiger partial charge in [0.05, 0.1) is 21.4 Å². The van der Waals surface area contributed by atoms with E-state index in [0.29, 0.717) is 12.1 Å². The molecule has 2 heterocycles. The Balaban J connectivity index is 1.99. The van der Waals surface area contributed by atoms with Crippen LogP contribution in [0.25, 0.3) is 32.2 Å².